The molecule has 2 unspecified atom stereocenters. The predicted molar refractivity (Wildman–Crippen MR) is 66.9 cm³/mol. The minimum Gasteiger partial charge on any atom is -0.389 e. The third kappa shape index (κ3) is 2.51. The first kappa shape index (κ1) is 12.2. The van der Waals surface area contributed by atoms with Crippen molar-refractivity contribution in [3.8, 4) is 0 Å². The lowest BCUT2D eigenvalue weighted by atomic mass is 9.92. The molecule has 2 rings (SSSR count). The molecular formula is C12H15Cl2NO. The molecule has 0 aliphatic heterocycles. The number of hydrogen-bond donors (Lipinski definition) is 2. The first-order chi connectivity index (χ1) is 7.50. The molecule has 2 atom stereocenters. The molecule has 1 saturated carbocycles. The van der Waals surface area contributed by atoms with E-state index in [2.05, 4.69) is 0 Å². The maximum atomic E-state index is 10.4. The molecule has 1 fully saturated rings. The fourth-order valence-electron chi connectivity index (χ4n) is 2.34. The third-order valence-electron chi connectivity index (χ3n) is 3.19. The zero-order valence-corrected chi connectivity index (χ0v) is 10.4. The second-order valence-electron chi connectivity index (χ2n) is 4.60. The van der Waals surface area contributed by atoms with Crippen molar-refractivity contribution in [3.05, 3.63) is 33.8 Å². The molecule has 88 valence electrons. The minimum atomic E-state index is -0.742. The van der Waals surface area contributed by atoms with Gasteiger partial charge in [0, 0.05) is 22.5 Å². The largest absolute Gasteiger partial charge is 0.389 e. The van der Waals surface area contributed by atoms with Crippen LogP contribution in [0.25, 0.3) is 0 Å². The first-order valence-electron chi connectivity index (χ1n) is 5.41. The molecule has 0 saturated heterocycles. The number of rotatable bonds is 2. The standard InChI is InChI=1S/C12H15Cl2NO/c13-10-2-1-3-11(14)9(10)7-12(16)5-4-8(15)6-12/h1-3,8,16H,4-7,15H2. The Bertz CT molecular complexity index is 376. The van der Waals surface area contributed by atoms with Gasteiger partial charge in [-0.25, -0.2) is 0 Å². The summed E-state index contributed by atoms with van der Waals surface area (Å²) >= 11 is 12.2. The molecule has 0 spiro atoms. The third-order valence-corrected chi connectivity index (χ3v) is 3.90. The molecule has 0 amide bonds. The SMILES string of the molecule is NC1CCC(O)(Cc2c(Cl)cccc2Cl)C1. The van der Waals surface area contributed by atoms with Crippen molar-refractivity contribution < 1.29 is 5.11 Å². The summed E-state index contributed by atoms with van der Waals surface area (Å²) in [7, 11) is 0. The molecule has 0 bridgehead atoms. The van der Waals surface area contributed by atoms with E-state index in [4.69, 9.17) is 28.9 Å². The minimum absolute atomic E-state index is 0.0891. The molecule has 1 aromatic rings. The predicted octanol–water partition coefficient (Wildman–Crippen LogP) is 2.78. The van der Waals surface area contributed by atoms with Crippen LogP contribution in [-0.4, -0.2) is 16.7 Å². The highest BCUT2D eigenvalue weighted by molar-refractivity contribution is 6.36. The number of aliphatic hydroxyl groups is 1. The van der Waals surface area contributed by atoms with E-state index in [0.717, 1.165) is 18.4 Å². The summed E-state index contributed by atoms with van der Waals surface area (Å²) in [5, 5.41) is 11.6. The Balaban J connectivity index is 2.21. The zero-order chi connectivity index (χ0) is 11.8. The van der Waals surface area contributed by atoms with Crippen molar-refractivity contribution >= 4 is 23.2 Å². The van der Waals surface area contributed by atoms with Gasteiger partial charge in [0.05, 0.1) is 5.60 Å². The summed E-state index contributed by atoms with van der Waals surface area (Å²) in [6.45, 7) is 0. The van der Waals surface area contributed by atoms with Gasteiger partial charge in [0.1, 0.15) is 0 Å². The fraction of sp³-hybridized carbons (Fsp3) is 0.500. The lowest BCUT2D eigenvalue weighted by molar-refractivity contribution is 0.0469. The molecule has 0 radical (unpaired) electrons. The maximum absolute atomic E-state index is 10.4. The van der Waals surface area contributed by atoms with Crippen LogP contribution in [0.2, 0.25) is 10.0 Å². The Morgan fingerprint density at radius 1 is 1.38 bits per heavy atom. The van der Waals surface area contributed by atoms with Crippen LogP contribution in [0.3, 0.4) is 0 Å². The van der Waals surface area contributed by atoms with Gasteiger partial charge in [0.15, 0.2) is 0 Å². The fourth-order valence-corrected chi connectivity index (χ4v) is 2.87. The number of benzene rings is 1. The van der Waals surface area contributed by atoms with Crippen molar-refractivity contribution in [3.63, 3.8) is 0 Å². The van der Waals surface area contributed by atoms with Crippen LogP contribution in [0.1, 0.15) is 24.8 Å². The van der Waals surface area contributed by atoms with Crippen LogP contribution in [0.4, 0.5) is 0 Å². The van der Waals surface area contributed by atoms with Gasteiger partial charge in [-0.05, 0) is 37.0 Å². The zero-order valence-electron chi connectivity index (χ0n) is 8.92. The lowest BCUT2D eigenvalue weighted by Crippen LogP contribution is -2.30. The van der Waals surface area contributed by atoms with Gasteiger partial charge in [0.2, 0.25) is 0 Å². The van der Waals surface area contributed by atoms with Gasteiger partial charge in [-0.15, -0.1) is 0 Å². The van der Waals surface area contributed by atoms with Gasteiger partial charge in [-0.1, -0.05) is 29.3 Å². The molecule has 1 aliphatic carbocycles. The van der Waals surface area contributed by atoms with Crippen LogP contribution in [0.15, 0.2) is 18.2 Å². The molecule has 3 N–H and O–H groups in total. The van der Waals surface area contributed by atoms with Gasteiger partial charge >= 0.3 is 0 Å². The van der Waals surface area contributed by atoms with Crippen LogP contribution in [-0.2, 0) is 6.42 Å². The summed E-state index contributed by atoms with van der Waals surface area (Å²) < 4.78 is 0. The number of halogens is 2. The molecule has 1 aromatic carbocycles. The molecule has 4 heteroatoms. The Morgan fingerprint density at radius 2 is 2.00 bits per heavy atom. The average molecular weight is 260 g/mol. The van der Waals surface area contributed by atoms with Gasteiger partial charge in [0.25, 0.3) is 0 Å². The van der Waals surface area contributed by atoms with E-state index < -0.39 is 5.60 Å². The summed E-state index contributed by atoms with van der Waals surface area (Å²) in [5.41, 5.74) is 5.89. The monoisotopic (exact) mass is 259 g/mol. The van der Waals surface area contributed by atoms with Crippen LogP contribution in [0.5, 0.6) is 0 Å². The maximum Gasteiger partial charge on any atom is 0.0704 e. The Morgan fingerprint density at radius 3 is 2.50 bits per heavy atom. The van der Waals surface area contributed by atoms with Gasteiger partial charge < -0.3 is 10.8 Å². The number of hydrogen-bond acceptors (Lipinski definition) is 2. The first-order valence-corrected chi connectivity index (χ1v) is 6.17. The molecule has 0 heterocycles. The van der Waals surface area contributed by atoms with Crippen molar-refractivity contribution in [2.75, 3.05) is 0 Å². The highest BCUT2D eigenvalue weighted by Crippen LogP contribution is 2.36. The van der Waals surface area contributed by atoms with E-state index in [0.29, 0.717) is 22.9 Å². The van der Waals surface area contributed by atoms with E-state index in [1.54, 1.807) is 18.2 Å². The van der Waals surface area contributed by atoms with Crippen molar-refractivity contribution in [1.29, 1.82) is 0 Å². The van der Waals surface area contributed by atoms with E-state index in [1.165, 1.54) is 0 Å². The Labute approximate surface area is 105 Å². The summed E-state index contributed by atoms with van der Waals surface area (Å²) in [6.07, 6.45) is 2.68. The lowest BCUT2D eigenvalue weighted by Gasteiger charge is -2.23. The van der Waals surface area contributed by atoms with E-state index in [1.807, 2.05) is 0 Å². The quantitative estimate of drug-likeness (QED) is 0.858. The second-order valence-corrected chi connectivity index (χ2v) is 5.42. The summed E-state index contributed by atoms with van der Waals surface area (Å²) in [6, 6.07) is 5.48. The van der Waals surface area contributed by atoms with Crippen molar-refractivity contribution in [2.45, 2.75) is 37.3 Å². The average Bonchev–Trinajstić information content (AvgIpc) is 2.53. The molecule has 1 aliphatic rings. The van der Waals surface area contributed by atoms with E-state index >= 15 is 0 Å². The molecular weight excluding hydrogens is 245 g/mol. The van der Waals surface area contributed by atoms with Gasteiger partial charge in [-0.2, -0.15) is 0 Å². The van der Waals surface area contributed by atoms with Crippen LogP contribution in [0, 0.1) is 0 Å². The Kier molecular flexibility index (Phi) is 3.45. The summed E-state index contributed by atoms with van der Waals surface area (Å²) in [5.74, 6) is 0. The normalized spacial score (nSPS) is 29.6. The van der Waals surface area contributed by atoms with E-state index in [-0.39, 0.29) is 6.04 Å². The number of nitrogens with two attached hydrogens (primary N) is 1. The molecule has 2 nitrogen and oxygen atoms in total. The van der Waals surface area contributed by atoms with Gasteiger partial charge in [-0.3, -0.25) is 0 Å². The summed E-state index contributed by atoms with van der Waals surface area (Å²) in [4.78, 5) is 0. The van der Waals surface area contributed by atoms with Crippen LogP contribution < -0.4 is 5.73 Å². The smallest absolute Gasteiger partial charge is 0.0704 e. The highest BCUT2D eigenvalue weighted by Gasteiger charge is 2.36. The molecule has 0 aromatic heterocycles. The topological polar surface area (TPSA) is 46.2 Å². The Hall–Kier alpha value is -0.280. The second kappa shape index (κ2) is 4.53. The van der Waals surface area contributed by atoms with Crippen LogP contribution >= 0.6 is 23.2 Å². The molecule has 16 heavy (non-hydrogen) atoms. The van der Waals surface area contributed by atoms with E-state index in [9.17, 15) is 5.11 Å². The van der Waals surface area contributed by atoms with Crippen molar-refractivity contribution in [2.24, 2.45) is 5.73 Å². The van der Waals surface area contributed by atoms with Crippen molar-refractivity contribution in [1.82, 2.24) is 0 Å². The highest BCUT2D eigenvalue weighted by atomic mass is 35.5.